The van der Waals surface area contributed by atoms with Gasteiger partial charge < -0.3 is 19.1 Å². The molecule has 1 N–H and O–H groups in total. The average molecular weight is 312 g/mol. The van der Waals surface area contributed by atoms with Gasteiger partial charge in [0.25, 0.3) is 0 Å². The lowest BCUT2D eigenvalue weighted by Gasteiger charge is -2.03. The van der Waals surface area contributed by atoms with Crippen LogP contribution in [0, 0.1) is 0 Å². The largest absolute Gasteiger partial charge is 0.497 e. The zero-order valence-electron chi connectivity index (χ0n) is 12.8. The molecule has 1 aromatic heterocycles. The summed E-state index contributed by atoms with van der Waals surface area (Å²) < 4.78 is 16.0. The highest BCUT2D eigenvalue weighted by atomic mass is 16.5. The van der Waals surface area contributed by atoms with Crippen LogP contribution in [-0.4, -0.2) is 30.1 Å². The van der Waals surface area contributed by atoms with Gasteiger partial charge in [-0.2, -0.15) is 0 Å². The molecule has 0 aliphatic carbocycles. The third-order valence-corrected chi connectivity index (χ3v) is 3.49. The van der Waals surface area contributed by atoms with Gasteiger partial charge in [0.2, 0.25) is 5.89 Å². The van der Waals surface area contributed by atoms with Gasteiger partial charge in [-0.25, -0.2) is 4.98 Å². The molecule has 23 heavy (non-hydrogen) atoms. The van der Waals surface area contributed by atoms with Gasteiger partial charge in [-0.1, -0.05) is 17.3 Å². The second-order valence-electron chi connectivity index (χ2n) is 4.92. The van der Waals surface area contributed by atoms with E-state index in [9.17, 15) is 5.21 Å². The van der Waals surface area contributed by atoms with Gasteiger partial charge in [-0.3, -0.25) is 0 Å². The number of methoxy groups -OCH3 is 2. The molecule has 0 aliphatic rings. The first kappa shape index (κ1) is 14.9. The molecule has 3 rings (SSSR count). The Bertz CT molecular complexity index is 837. The molecule has 0 fully saturated rings. The molecule has 0 radical (unpaired) electrons. The van der Waals surface area contributed by atoms with Crippen molar-refractivity contribution in [2.75, 3.05) is 14.2 Å². The Morgan fingerprint density at radius 3 is 2.43 bits per heavy atom. The highest BCUT2D eigenvalue weighted by Crippen LogP contribution is 2.22. The lowest BCUT2D eigenvalue weighted by atomic mass is 10.1. The van der Waals surface area contributed by atoms with Crippen LogP contribution in [0.2, 0.25) is 0 Å². The van der Waals surface area contributed by atoms with E-state index in [0.29, 0.717) is 29.0 Å². The van der Waals surface area contributed by atoms with E-state index in [2.05, 4.69) is 10.1 Å². The minimum atomic E-state index is 0.284. The van der Waals surface area contributed by atoms with Crippen molar-refractivity contribution in [2.45, 2.75) is 6.42 Å². The van der Waals surface area contributed by atoms with Gasteiger partial charge in [0.15, 0.2) is 5.58 Å². The molecule has 6 heteroatoms. The van der Waals surface area contributed by atoms with Crippen molar-refractivity contribution >= 4 is 16.8 Å². The number of oxime groups is 1. The van der Waals surface area contributed by atoms with Crippen LogP contribution < -0.4 is 9.47 Å². The summed E-state index contributed by atoms with van der Waals surface area (Å²) in [6.45, 7) is 0. The Morgan fingerprint density at radius 1 is 1.09 bits per heavy atom. The van der Waals surface area contributed by atoms with E-state index in [1.54, 1.807) is 32.4 Å². The van der Waals surface area contributed by atoms with Crippen LogP contribution in [0.3, 0.4) is 0 Å². The van der Waals surface area contributed by atoms with Crippen LogP contribution in [0.4, 0.5) is 0 Å². The Hall–Kier alpha value is -3.02. The van der Waals surface area contributed by atoms with Crippen LogP contribution in [0.25, 0.3) is 11.1 Å². The zero-order valence-corrected chi connectivity index (χ0v) is 12.8. The van der Waals surface area contributed by atoms with Crippen molar-refractivity contribution in [3.63, 3.8) is 0 Å². The van der Waals surface area contributed by atoms with Gasteiger partial charge in [0.05, 0.1) is 14.2 Å². The van der Waals surface area contributed by atoms with E-state index in [1.807, 2.05) is 24.3 Å². The third kappa shape index (κ3) is 3.11. The fourth-order valence-corrected chi connectivity index (χ4v) is 2.25. The summed E-state index contributed by atoms with van der Waals surface area (Å²) in [5.74, 6) is 1.73. The number of ether oxygens (including phenoxy) is 2. The van der Waals surface area contributed by atoms with Crippen LogP contribution in [0.15, 0.2) is 52.0 Å². The van der Waals surface area contributed by atoms with E-state index >= 15 is 0 Å². The number of benzene rings is 2. The lowest BCUT2D eigenvalue weighted by Crippen LogP contribution is -2.05. The normalized spacial score (nSPS) is 11.7. The van der Waals surface area contributed by atoms with Crippen LogP contribution in [0.1, 0.15) is 11.5 Å². The maximum Gasteiger partial charge on any atom is 0.245 e. The Labute approximate surface area is 133 Å². The Balaban J connectivity index is 1.88. The minimum Gasteiger partial charge on any atom is -0.497 e. The summed E-state index contributed by atoms with van der Waals surface area (Å²) >= 11 is 0. The minimum absolute atomic E-state index is 0.284. The van der Waals surface area contributed by atoms with E-state index in [1.165, 1.54) is 0 Å². The summed E-state index contributed by atoms with van der Waals surface area (Å²) in [6, 6.07) is 12.8. The molecular formula is C17H16N2O4. The smallest absolute Gasteiger partial charge is 0.245 e. The predicted octanol–water partition coefficient (Wildman–Crippen LogP) is 3.27. The zero-order chi connectivity index (χ0) is 16.2. The number of nitrogens with zero attached hydrogens (tertiary/aromatic N) is 2. The summed E-state index contributed by atoms with van der Waals surface area (Å²) in [6.07, 6.45) is 0.393. The SMILES string of the molecule is COc1ccc(C/C(=N\O)c2nc3ccc(OC)cc3o2)cc1. The number of aromatic nitrogens is 1. The Morgan fingerprint density at radius 2 is 1.78 bits per heavy atom. The fraction of sp³-hybridized carbons (Fsp3) is 0.176. The van der Waals surface area contributed by atoms with Gasteiger partial charge in [0.1, 0.15) is 22.7 Å². The molecule has 6 nitrogen and oxygen atoms in total. The van der Waals surface area contributed by atoms with Crippen molar-refractivity contribution in [2.24, 2.45) is 5.16 Å². The van der Waals surface area contributed by atoms with Gasteiger partial charge >= 0.3 is 0 Å². The number of fused-ring (bicyclic) bond motifs is 1. The monoisotopic (exact) mass is 312 g/mol. The predicted molar refractivity (Wildman–Crippen MR) is 85.6 cm³/mol. The maximum absolute atomic E-state index is 9.31. The quantitative estimate of drug-likeness (QED) is 0.444. The molecule has 118 valence electrons. The number of oxazole rings is 1. The molecule has 0 spiro atoms. The second-order valence-corrected chi connectivity index (χ2v) is 4.92. The first-order chi connectivity index (χ1) is 11.2. The molecule has 0 atom stereocenters. The first-order valence-electron chi connectivity index (χ1n) is 7.02. The summed E-state index contributed by atoms with van der Waals surface area (Å²) in [7, 11) is 3.20. The standard InChI is InChI=1S/C17H16N2O4/c1-21-12-5-3-11(4-6-12)9-15(19-20)17-18-14-8-7-13(22-2)10-16(14)23-17/h3-8,10,20H,9H2,1-2H3/b19-15+. The highest BCUT2D eigenvalue weighted by Gasteiger charge is 2.14. The summed E-state index contributed by atoms with van der Waals surface area (Å²) in [4.78, 5) is 4.35. The molecule has 2 aromatic carbocycles. The van der Waals surface area contributed by atoms with E-state index in [-0.39, 0.29) is 5.89 Å². The van der Waals surface area contributed by atoms with Crippen molar-refractivity contribution in [1.82, 2.24) is 4.98 Å². The van der Waals surface area contributed by atoms with Crippen molar-refractivity contribution in [1.29, 1.82) is 0 Å². The summed E-state index contributed by atoms with van der Waals surface area (Å²) in [5.41, 5.74) is 2.57. The average Bonchev–Trinajstić information content (AvgIpc) is 3.02. The molecule has 0 saturated heterocycles. The van der Waals surface area contributed by atoms with Gasteiger partial charge in [-0.05, 0) is 29.8 Å². The van der Waals surface area contributed by atoms with Crippen molar-refractivity contribution in [3.05, 3.63) is 53.9 Å². The van der Waals surface area contributed by atoms with Crippen LogP contribution in [-0.2, 0) is 6.42 Å². The topological polar surface area (TPSA) is 77.1 Å². The van der Waals surface area contributed by atoms with Crippen molar-refractivity contribution in [3.8, 4) is 11.5 Å². The molecule has 1 heterocycles. The molecule has 0 amide bonds. The third-order valence-electron chi connectivity index (χ3n) is 3.49. The first-order valence-corrected chi connectivity index (χ1v) is 7.02. The van der Waals surface area contributed by atoms with Crippen LogP contribution in [0.5, 0.6) is 11.5 Å². The van der Waals surface area contributed by atoms with E-state index in [4.69, 9.17) is 13.9 Å². The lowest BCUT2D eigenvalue weighted by molar-refractivity contribution is 0.317. The van der Waals surface area contributed by atoms with Crippen molar-refractivity contribution < 1.29 is 19.1 Å². The molecule has 3 aromatic rings. The second kappa shape index (κ2) is 6.39. The van der Waals surface area contributed by atoms with E-state index < -0.39 is 0 Å². The maximum atomic E-state index is 9.31. The number of hydrogen-bond donors (Lipinski definition) is 1. The van der Waals surface area contributed by atoms with E-state index in [0.717, 1.165) is 11.3 Å². The van der Waals surface area contributed by atoms with Gasteiger partial charge in [-0.15, -0.1) is 0 Å². The molecule has 0 aliphatic heterocycles. The summed E-state index contributed by atoms with van der Waals surface area (Å²) in [5, 5.41) is 12.6. The number of rotatable bonds is 5. The highest BCUT2D eigenvalue weighted by molar-refractivity contribution is 5.99. The van der Waals surface area contributed by atoms with Gasteiger partial charge in [0, 0.05) is 12.5 Å². The Kier molecular flexibility index (Phi) is 4.14. The van der Waals surface area contributed by atoms with Crippen LogP contribution >= 0.6 is 0 Å². The molecular weight excluding hydrogens is 296 g/mol. The number of hydrogen-bond acceptors (Lipinski definition) is 6. The molecule has 0 saturated carbocycles. The molecule has 0 unspecified atom stereocenters. The molecule has 0 bridgehead atoms. The fourth-order valence-electron chi connectivity index (χ4n) is 2.25.